The van der Waals surface area contributed by atoms with Gasteiger partial charge in [0, 0.05) is 99.6 Å². The van der Waals surface area contributed by atoms with Gasteiger partial charge in [0.05, 0.1) is 43.6 Å². The molecule has 3 fully saturated rings. The third kappa shape index (κ3) is 22.8. The lowest BCUT2D eigenvalue weighted by molar-refractivity contribution is 0.0591. The van der Waals surface area contributed by atoms with Crippen molar-refractivity contribution in [3.63, 3.8) is 0 Å². The van der Waals surface area contributed by atoms with Crippen molar-refractivity contribution in [1.82, 2.24) is 19.9 Å². The molecule has 116 heavy (non-hydrogen) atoms. The van der Waals surface area contributed by atoms with Gasteiger partial charge in [0.15, 0.2) is 8.32 Å². The molecule has 3 aliphatic rings. The Kier molecular flexibility index (Phi) is 30.9. The molecule has 4 amide bonds. The largest absolute Gasteiger partial charge is 0.478 e. The second-order valence-electron chi connectivity index (χ2n) is 31.6. The zero-order valence-corrected chi connectivity index (χ0v) is 72.0. The van der Waals surface area contributed by atoms with Gasteiger partial charge in [-0.25, -0.2) is 39.1 Å². The maximum Gasteiger partial charge on any atom is 0.337 e. The van der Waals surface area contributed by atoms with Gasteiger partial charge in [-0.2, -0.15) is 0 Å². The second-order valence-corrected chi connectivity index (χ2v) is 36.8. The standard InChI is InChI=1S/C28H41N3O4Si.C22H27N3O4.C21H25N3O4.C17H17ClN2O3/c1-18-10-11-23(31-13-12-21(16-31)17-35-36(8,9)28(4,5)6)29-25(18)26(32)30-24-19(2)14-22(15-20(24)3)27(33)34-7;1-13-5-6-18(25-8-7-16(11-25)12-26)23-20(13)21(27)24-19-14(2)9-17(10-15(19)3)22(28)29-4;1-12-4-5-17(24-7-6-15(10-24)11-25)22-19(12)20(26)23-18-13(2)8-16(21(27)28)9-14(18)3;1-9-5-6-13(18)19-15(9)16(21)20-14-10(2)7-12(8-11(14)3)17(22)23-4/h10-11,14-15,21H,12-13,16-17H2,1-9H3,(H,30,32);5-6,9-10,16,26H,7-8,11-12H2,1-4H3,(H,24,27);4-5,8-9,15,25H,6-7,10-11H2,1-3H3,(H,23,26)(H,27,28);5-8H,1-4H3,(H,20,21). The molecule has 3 saturated heterocycles. The van der Waals surface area contributed by atoms with Crippen molar-refractivity contribution >= 4 is 108 Å². The van der Waals surface area contributed by atoms with Crippen LogP contribution in [0.3, 0.4) is 0 Å². The summed E-state index contributed by atoms with van der Waals surface area (Å²) in [5.41, 5.74) is 14.6. The van der Waals surface area contributed by atoms with Gasteiger partial charge in [-0.15, -0.1) is 0 Å². The van der Waals surface area contributed by atoms with Crippen LogP contribution in [0.5, 0.6) is 0 Å². The van der Waals surface area contributed by atoms with Crippen LogP contribution in [0.4, 0.5) is 40.2 Å². The molecular formula is C88H110ClN11O15Si. The number of nitrogens with one attached hydrogen (secondary N) is 4. The molecule has 3 unspecified atom stereocenters. The lowest BCUT2D eigenvalue weighted by Gasteiger charge is -2.37. The summed E-state index contributed by atoms with van der Waals surface area (Å²) in [6, 6.07) is 28.2. The second kappa shape index (κ2) is 39.6. The number of aryl methyl sites for hydroxylation is 12. The Morgan fingerprint density at radius 2 is 0.672 bits per heavy atom. The molecular weight excluding hydrogens is 1510 g/mol. The number of methoxy groups -OCH3 is 3. The molecule has 11 rings (SSSR count). The van der Waals surface area contributed by atoms with Crippen LogP contribution in [0.1, 0.15) is 190 Å². The minimum Gasteiger partial charge on any atom is -0.478 e. The van der Waals surface area contributed by atoms with Crippen molar-refractivity contribution < 1.29 is 72.3 Å². The highest BCUT2D eigenvalue weighted by Gasteiger charge is 2.39. The Bertz CT molecular complexity index is 4930. The summed E-state index contributed by atoms with van der Waals surface area (Å²) in [5, 5.41) is 40.0. The maximum atomic E-state index is 13.3. The third-order valence-corrected chi connectivity index (χ3v) is 26.3. The number of pyridine rings is 4. The first-order valence-electron chi connectivity index (χ1n) is 38.6. The Balaban J connectivity index is 0.000000195. The number of esters is 3. The number of aliphatic hydroxyl groups excluding tert-OH is 2. The predicted molar refractivity (Wildman–Crippen MR) is 456 cm³/mol. The molecule has 28 heteroatoms. The van der Waals surface area contributed by atoms with Gasteiger partial charge in [0.2, 0.25) is 0 Å². The number of anilines is 7. The highest BCUT2D eigenvalue weighted by atomic mass is 35.5. The summed E-state index contributed by atoms with van der Waals surface area (Å²) in [7, 11) is 2.25. The fraction of sp³-hybridized carbons (Fsp3) is 0.409. The molecule has 0 radical (unpaired) electrons. The van der Waals surface area contributed by atoms with E-state index in [1.54, 1.807) is 81.4 Å². The predicted octanol–water partition coefficient (Wildman–Crippen LogP) is 15.2. The van der Waals surface area contributed by atoms with Crippen molar-refractivity contribution in [2.75, 3.05) is 116 Å². The first-order valence-corrected chi connectivity index (χ1v) is 41.8. The lowest BCUT2D eigenvalue weighted by atomic mass is 10.0. The molecule has 3 aliphatic heterocycles. The number of rotatable bonds is 20. The van der Waals surface area contributed by atoms with Crippen LogP contribution in [-0.2, 0) is 18.6 Å². The number of amides is 4. The number of carboxylic acids is 1. The van der Waals surface area contributed by atoms with E-state index in [2.05, 4.69) is 84.8 Å². The summed E-state index contributed by atoms with van der Waals surface area (Å²) in [4.78, 5) is 122. The number of aromatic carboxylic acids is 1. The molecule has 0 bridgehead atoms. The lowest BCUT2D eigenvalue weighted by Crippen LogP contribution is -2.42. The molecule has 0 aliphatic carbocycles. The number of halogens is 1. The molecule has 8 aromatic rings. The smallest absolute Gasteiger partial charge is 0.337 e. The molecule has 7 N–H and O–H groups in total. The van der Waals surface area contributed by atoms with Crippen molar-refractivity contribution in [2.24, 2.45) is 17.8 Å². The summed E-state index contributed by atoms with van der Waals surface area (Å²) in [5.74, 6) is -0.235. The van der Waals surface area contributed by atoms with E-state index in [9.17, 15) is 53.7 Å². The third-order valence-electron chi connectivity index (χ3n) is 21.6. The van der Waals surface area contributed by atoms with Crippen molar-refractivity contribution in [3.05, 3.63) is 214 Å². The topological polar surface area (TPSA) is 344 Å². The molecule has 618 valence electrons. The maximum absolute atomic E-state index is 13.3. The Morgan fingerprint density at radius 3 is 0.931 bits per heavy atom. The van der Waals surface area contributed by atoms with Gasteiger partial charge in [-0.05, 0) is 260 Å². The highest BCUT2D eigenvalue weighted by Crippen LogP contribution is 2.38. The Hall–Kier alpha value is -11.0. The fourth-order valence-corrected chi connectivity index (χ4v) is 15.0. The zero-order valence-electron chi connectivity index (χ0n) is 70.2. The van der Waals surface area contributed by atoms with Crippen molar-refractivity contribution in [1.29, 1.82) is 0 Å². The summed E-state index contributed by atoms with van der Waals surface area (Å²) < 4.78 is 20.8. The Labute approximate surface area is 685 Å². The summed E-state index contributed by atoms with van der Waals surface area (Å²) in [6.45, 7) is 39.2. The van der Waals surface area contributed by atoms with Gasteiger partial charge >= 0.3 is 23.9 Å². The van der Waals surface area contributed by atoms with Gasteiger partial charge in [0.25, 0.3) is 23.6 Å². The van der Waals surface area contributed by atoms with Crippen LogP contribution < -0.4 is 36.0 Å². The van der Waals surface area contributed by atoms with Crippen LogP contribution in [0, 0.1) is 101 Å². The minimum atomic E-state index is -1.78. The van der Waals surface area contributed by atoms with Crippen molar-refractivity contribution in [2.45, 2.75) is 141 Å². The average molecular weight is 1630 g/mol. The van der Waals surface area contributed by atoms with Crippen LogP contribution in [0.15, 0.2) is 97.1 Å². The Morgan fingerprint density at radius 1 is 0.414 bits per heavy atom. The molecule has 0 spiro atoms. The van der Waals surface area contributed by atoms with Crippen molar-refractivity contribution in [3.8, 4) is 0 Å². The van der Waals surface area contributed by atoms with Crippen LogP contribution >= 0.6 is 11.6 Å². The fourth-order valence-electron chi connectivity index (χ4n) is 13.8. The average Bonchev–Trinajstić information content (AvgIpc) is 1.61. The molecule has 26 nitrogen and oxygen atoms in total. The first kappa shape index (κ1) is 90.6. The van der Waals surface area contributed by atoms with Gasteiger partial charge in [0.1, 0.15) is 45.4 Å². The summed E-state index contributed by atoms with van der Waals surface area (Å²) >= 11 is 5.86. The SMILES string of the molecule is COC(=O)c1cc(C)c(NC(=O)c2nc(Cl)ccc2C)c(C)c1.COC(=O)c1cc(C)c(NC(=O)c2nc(N3CCC(CO)C3)ccc2C)c(C)c1.COC(=O)c1cc(C)c(NC(=O)c2nc(N3CCC(CO[Si](C)(C)C(C)(C)C)C3)ccc2C)c(C)c1.Cc1ccc(N2CCC(CO)C2)nc1C(=O)Nc1c(C)cc(C(=O)O)cc1C. The van der Waals surface area contributed by atoms with E-state index >= 15 is 0 Å². The minimum absolute atomic E-state index is 0.153. The number of ether oxygens (including phenoxy) is 3. The van der Waals surface area contributed by atoms with Crippen LogP contribution in [0.25, 0.3) is 0 Å². The van der Waals surface area contributed by atoms with Gasteiger partial charge in [-0.1, -0.05) is 56.6 Å². The van der Waals surface area contributed by atoms with E-state index in [0.717, 1.165) is 138 Å². The molecule has 3 atom stereocenters. The number of carboxylic acid groups (broad SMARTS) is 1. The summed E-state index contributed by atoms with van der Waals surface area (Å²) in [6.07, 6.45) is 2.87. The number of aromatic nitrogens is 4. The highest BCUT2D eigenvalue weighted by molar-refractivity contribution is 6.74. The van der Waals surface area contributed by atoms with E-state index in [0.29, 0.717) is 73.6 Å². The van der Waals surface area contributed by atoms with E-state index in [4.69, 9.17) is 35.2 Å². The number of carbonyl (C=O) groups excluding carboxylic acids is 7. The zero-order chi connectivity index (χ0) is 85.5. The van der Waals surface area contributed by atoms with E-state index in [1.807, 2.05) is 98.7 Å². The van der Waals surface area contributed by atoms with Crippen LogP contribution in [-0.4, -0.2) is 171 Å². The van der Waals surface area contributed by atoms with E-state index in [1.165, 1.54) is 21.3 Å². The number of nitrogens with zero attached hydrogens (tertiary/aromatic N) is 7. The normalized spacial score (nSPS) is 15.0. The quantitative estimate of drug-likeness (QED) is 0.0161. The monoisotopic (exact) mass is 1620 g/mol. The number of hydrogen-bond donors (Lipinski definition) is 7. The first-order chi connectivity index (χ1) is 54.7. The van der Waals surface area contributed by atoms with Gasteiger partial charge < -0.3 is 69.9 Å². The molecule has 7 heterocycles. The van der Waals surface area contributed by atoms with Gasteiger partial charge in [-0.3, -0.25) is 19.2 Å². The van der Waals surface area contributed by atoms with Crippen LogP contribution in [0.2, 0.25) is 23.3 Å². The number of aliphatic hydroxyl groups is 2. The molecule has 4 aromatic carbocycles. The molecule has 4 aromatic heterocycles. The van der Waals surface area contributed by atoms with E-state index in [-0.39, 0.29) is 70.1 Å². The number of carbonyl (C=O) groups is 8. The number of hydrogen-bond acceptors (Lipinski definition) is 21. The molecule has 0 saturated carbocycles. The van der Waals surface area contributed by atoms with E-state index < -0.39 is 32.2 Å². The number of benzene rings is 4.